The quantitative estimate of drug-likeness (QED) is 0.838. The van der Waals surface area contributed by atoms with Crippen LogP contribution in [-0.4, -0.2) is 30.1 Å². The van der Waals surface area contributed by atoms with Gasteiger partial charge in [0, 0.05) is 6.54 Å². The summed E-state index contributed by atoms with van der Waals surface area (Å²) in [6.07, 6.45) is 2.32. The standard InChI is InChI=1S/C13H14BrNO4/c14-10-3-1-2-9(13(17)18)12(10)19-7-11(16)15-6-8-4-5-8/h1-3,8H,4-7H2,(H,15,16)(H,17,18). The van der Waals surface area contributed by atoms with Crippen molar-refractivity contribution in [3.8, 4) is 5.75 Å². The molecule has 0 saturated heterocycles. The van der Waals surface area contributed by atoms with Gasteiger partial charge in [0.15, 0.2) is 6.61 Å². The molecule has 0 bridgehead atoms. The Kier molecular flexibility index (Phi) is 4.42. The molecule has 0 aliphatic heterocycles. The average Bonchev–Trinajstić information content (AvgIpc) is 3.18. The molecule has 0 heterocycles. The van der Waals surface area contributed by atoms with E-state index in [0.29, 0.717) is 16.9 Å². The summed E-state index contributed by atoms with van der Waals surface area (Å²) in [5, 5.41) is 11.8. The zero-order valence-electron chi connectivity index (χ0n) is 10.2. The van der Waals surface area contributed by atoms with Gasteiger partial charge < -0.3 is 15.2 Å². The summed E-state index contributed by atoms with van der Waals surface area (Å²) in [5.41, 5.74) is 0.0318. The van der Waals surface area contributed by atoms with Crippen LogP contribution in [0.4, 0.5) is 0 Å². The Morgan fingerprint density at radius 2 is 2.16 bits per heavy atom. The number of carboxylic acids is 1. The SMILES string of the molecule is O=C(COc1c(Br)cccc1C(=O)O)NCC1CC1. The van der Waals surface area contributed by atoms with Gasteiger partial charge in [0.1, 0.15) is 11.3 Å². The van der Waals surface area contributed by atoms with Crippen LogP contribution < -0.4 is 10.1 Å². The molecule has 0 spiro atoms. The van der Waals surface area contributed by atoms with Crippen molar-refractivity contribution >= 4 is 27.8 Å². The van der Waals surface area contributed by atoms with Crippen molar-refractivity contribution in [3.05, 3.63) is 28.2 Å². The lowest BCUT2D eigenvalue weighted by atomic mass is 10.2. The minimum Gasteiger partial charge on any atom is -0.482 e. The lowest BCUT2D eigenvalue weighted by Crippen LogP contribution is -2.30. The highest BCUT2D eigenvalue weighted by Crippen LogP contribution is 2.29. The van der Waals surface area contributed by atoms with Gasteiger partial charge in [-0.1, -0.05) is 6.07 Å². The number of carboxylic acid groups (broad SMARTS) is 1. The fraction of sp³-hybridized carbons (Fsp3) is 0.385. The summed E-state index contributed by atoms with van der Waals surface area (Å²) in [4.78, 5) is 22.6. The number of carbonyl (C=O) groups excluding carboxylic acids is 1. The zero-order valence-corrected chi connectivity index (χ0v) is 11.8. The van der Waals surface area contributed by atoms with Crippen molar-refractivity contribution in [1.29, 1.82) is 0 Å². The third-order valence-electron chi connectivity index (χ3n) is 2.83. The van der Waals surface area contributed by atoms with Gasteiger partial charge in [-0.25, -0.2) is 4.79 Å². The smallest absolute Gasteiger partial charge is 0.339 e. The molecule has 1 fully saturated rings. The van der Waals surface area contributed by atoms with E-state index in [1.807, 2.05) is 0 Å². The normalized spacial score (nSPS) is 13.9. The predicted molar refractivity (Wildman–Crippen MR) is 72.3 cm³/mol. The topological polar surface area (TPSA) is 75.6 Å². The number of halogens is 1. The van der Waals surface area contributed by atoms with Gasteiger partial charge in [-0.15, -0.1) is 0 Å². The highest BCUT2D eigenvalue weighted by molar-refractivity contribution is 9.10. The molecule has 1 aromatic rings. The Morgan fingerprint density at radius 1 is 1.42 bits per heavy atom. The van der Waals surface area contributed by atoms with Gasteiger partial charge in [0.25, 0.3) is 5.91 Å². The Bertz CT molecular complexity index is 499. The van der Waals surface area contributed by atoms with Gasteiger partial charge in [0.05, 0.1) is 4.47 Å². The van der Waals surface area contributed by atoms with Gasteiger partial charge in [-0.3, -0.25) is 4.79 Å². The molecule has 0 atom stereocenters. The first-order valence-electron chi connectivity index (χ1n) is 5.99. The molecule has 0 aromatic heterocycles. The minimum atomic E-state index is -1.09. The molecule has 6 heteroatoms. The summed E-state index contributed by atoms with van der Waals surface area (Å²) in [6, 6.07) is 4.71. The van der Waals surface area contributed by atoms with Crippen LogP contribution in [0.3, 0.4) is 0 Å². The molecule has 1 aliphatic carbocycles. The number of amides is 1. The highest BCUT2D eigenvalue weighted by Gasteiger charge is 2.22. The maximum absolute atomic E-state index is 11.5. The number of benzene rings is 1. The minimum absolute atomic E-state index is 0.0318. The van der Waals surface area contributed by atoms with E-state index in [1.165, 1.54) is 6.07 Å². The van der Waals surface area contributed by atoms with Gasteiger partial charge >= 0.3 is 5.97 Å². The van der Waals surface area contributed by atoms with Gasteiger partial charge in [0.2, 0.25) is 0 Å². The predicted octanol–water partition coefficient (Wildman–Crippen LogP) is 2.05. The number of nitrogens with one attached hydrogen (secondary N) is 1. The number of hydrogen-bond donors (Lipinski definition) is 2. The second kappa shape index (κ2) is 6.06. The second-order valence-electron chi connectivity index (χ2n) is 4.46. The molecule has 1 amide bonds. The number of ether oxygens (including phenoxy) is 1. The van der Waals surface area contributed by atoms with E-state index in [1.54, 1.807) is 12.1 Å². The largest absolute Gasteiger partial charge is 0.482 e. The van der Waals surface area contributed by atoms with Crippen molar-refractivity contribution in [2.75, 3.05) is 13.2 Å². The first-order valence-corrected chi connectivity index (χ1v) is 6.78. The average molecular weight is 328 g/mol. The number of rotatable bonds is 6. The van der Waals surface area contributed by atoms with Crippen LogP contribution in [0.5, 0.6) is 5.75 Å². The molecule has 1 aliphatic rings. The summed E-state index contributed by atoms with van der Waals surface area (Å²) in [6.45, 7) is 0.486. The number of aromatic carboxylic acids is 1. The van der Waals surface area contributed by atoms with Crippen LogP contribution in [-0.2, 0) is 4.79 Å². The van der Waals surface area contributed by atoms with Crippen molar-refractivity contribution in [3.63, 3.8) is 0 Å². The van der Waals surface area contributed by atoms with Crippen LogP contribution in [0, 0.1) is 5.92 Å². The van der Waals surface area contributed by atoms with E-state index < -0.39 is 5.97 Å². The molecule has 2 N–H and O–H groups in total. The Morgan fingerprint density at radius 3 is 2.79 bits per heavy atom. The van der Waals surface area contributed by atoms with Crippen molar-refractivity contribution in [2.24, 2.45) is 5.92 Å². The van der Waals surface area contributed by atoms with Crippen LogP contribution in [0.25, 0.3) is 0 Å². The van der Waals surface area contributed by atoms with E-state index in [0.717, 1.165) is 12.8 Å². The molecular formula is C13H14BrNO4. The first-order chi connectivity index (χ1) is 9.08. The summed E-state index contributed by atoms with van der Waals surface area (Å²) >= 11 is 3.22. The molecule has 0 unspecified atom stereocenters. The van der Waals surface area contributed by atoms with E-state index in [2.05, 4.69) is 21.2 Å². The Hall–Kier alpha value is -1.56. The van der Waals surface area contributed by atoms with Crippen LogP contribution in [0.1, 0.15) is 23.2 Å². The molecule has 1 saturated carbocycles. The van der Waals surface area contributed by atoms with E-state index in [4.69, 9.17) is 9.84 Å². The van der Waals surface area contributed by atoms with Crippen molar-refractivity contribution < 1.29 is 19.4 Å². The molecular weight excluding hydrogens is 314 g/mol. The Labute approximate surface area is 119 Å². The molecule has 5 nitrogen and oxygen atoms in total. The number of hydrogen-bond acceptors (Lipinski definition) is 3. The summed E-state index contributed by atoms with van der Waals surface area (Å²) in [5.74, 6) is -0.549. The fourth-order valence-corrected chi connectivity index (χ4v) is 2.07. The third kappa shape index (κ3) is 3.96. The zero-order chi connectivity index (χ0) is 13.8. The first kappa shape index (κ1) is 13.9. The molecule has 0 radical (unpaired) electrons. The highest BCUT2D eigenvalue weighted by atomic mass is 79.9. The second-order valence-corrected chi connectivity index (χ2v) is 5.31. The van der Waals surface area contributed by atoms with Crippen LogP contribution >= 0.6 is 15.9 Å². The van der Waals surface area contributed by atoms with Crippen LogP contribution in [0.15, 0.2) is 22.7 Å². The van der Waals surface area contributed by atoms with Crippen molar-refractivity contribution in [1.82, 2.24) is 5.32 Å². The number of para-hydroxylation sites is 1. The third-order valence-corrected chi connectivity index (χ3v) is 3.45. The summed E-state index contributed by atoms with van der Waals surface area (Å²) in [7, 11) is 0. The molecule has 2 rings (SSSR count). The van der Waals surface area contributed by atoms with E-state index >= 15 is 0 Å². The number of carbonyl (C=O) groups is 2. The van der Waals surface area contributed by atoms with Crippen molar-refractivity contribution in [2.45, 2.75) is 12.8 Å². The lowest BCUT2D eigenvalue weighted by Gasteiger charge is -2.11. The Balaban J connectivity index is 1.94. The van der Waals surface area contributed by atoms with E-state index in [-0.39, 0.29) is 23.8 Å². The van der Waals surface area contributed by atoms with E-state index in [9.17, 15) is 9.59 Å². The lowest BCUT2D eigenvalue weighted by molar-refractivity contribution is -0.123. The fourth-order valence-electron chi connectivity index (χ4n) is 1.59. The maximum atomic E-state index is 11.5. The molecule has 102 valence electrons. The van der Waals surface area contributed by atoms with Gasteiger partial charge in [-0.2, -0.15) is 0 Å². The monoisotopic (exact) mass is 327 g/mol. The molecule has 19 heavy (non-hydrogen) atoms. The maximum Gasteiger partial charge on any atom is 0.339 e. The summed E-state index contributed by atoms with van der Waals surface area (Å²) < 4.78 is 5.82. The molecule has 1 aromatic carbocycles. The van der Waals surface area contributed by atoms with Gasteiger partial charge in [-0.05, 0) is 46.8 Å². The van der Waals surface area contributed by atoms with Crippen LogP contribution in [0.2, 0.25) is 0 Å².